The monoisotopic (exact) mass is 491 g/mol. The lowest BCUT2D eigenvalue weighted by Gasteiger charge is -2.38. The lowest BCUT2D eigenvalue weighted by molar-refractivity contribution is -0.875. The largest absolute Gasteiger partial charge is 0.550 e. The number of carbonyl (C=O) groups excluding carboxylic acids is 3. The summed E-state index contributed by atoms with van der Waals surface area (Å²) >= 11 is 0. The lowest BCUT2D eigenvalue weighted by Crippen LogP contribution is -2.58. The number of nitrogens with zero attached hydrogens (tertiary/aromatic N) is 1. The topological polar surface area (TPSA) is 83.5 Å². The third-order valence-corrected chi connectivity index (χ3v) is 5.99. The zero-order valence-electron chi connectivity index (χ0n) is 22.6. The van der Waals surface area contributed by atoms with Crippen molar-refractivity contribution in [2.75, 3.05) is 27.7 Å². The maximum Gasteiger partial charge on any atom is 0.307 e. The number of carbonyl (C=O) groups is 3. The number of likely N-dealkylation sites (N-methyl/N-ethyl adjacent to an activating group) is 1. The molecule has 0 saturated heterocycles. The van der Waals surface area contributed by atoms with Crippen molar-refractivity contribution in [3.05, 3.63) is 12.7 Å². The van der Waals surface area contributed by atoms with Crippen LogP contribution in [0.1, 0.15) is 109 Å². The van der Waals surface area contributed by atoms with Crippen LogP contribution in [0.2, 0.25) is 0 Å². The van der Waals surface area contributed by atoms with E-state index in [0.29, 0.717) is 17.3 Å². The van der Waals surface area contributed by atoms with Crippen LogP contribution in [0.4, 0.5) is 0 Å². The van der Waals surface area contributed by atoms with Gasteiger partial charge in [-0.05, 0) is 32.1 Å². The predicted molar refractivity (Wildman–Crippen MR) is 139 cm³/mol. The van der Waals surface area contributed by atoms with Crippen LogP contribution in [0.15, 0.2) is 12.7 Å². The molecule has 0 heterocycles. The van der Waals surface area contributed by atoms with Crippen molar-refractivity contribution in [1.29, 1.82) is 0 Å². The molecule has 0 radical (unpaired) electrons. The number of ketones is 1. The number of rotatable bonds is 23. The van der Waals surface area contributed by atoms with Crippen LogP contribution in [-0.4, -0.2) is 55.5 Å². The van der Waals surface area contributed by atoms with Gasteiger partial charge < -0.3 is 19.1 Å². The molecule has 0 rings (SSSR count). The van der Waals surface area contributed by atoms with Crippen molar-refractivity contribution >= 4 is 17.7 Å². The second-order valence-corrected chi connectivity index (χ2v) is 10.7. The highest BCUT2D eigenvalue weighted by Gasteiger charge is 2.46. The molecule has 6 nitrogen and oxygen atoms in total. The van der Waals surface area contributed by atoms with Crippen LogP contribution in [0.5, 0.6) is 0 Å². The molecule has 1 unspecified atom stereocenters. The molecule has 0 aliphatic heterocycles. The molecule has 1 atom stereocenters. The highest BCUT2D eigenvalue weighted by atomic mass is 16.6. The van der Waals surface area contributed by atoms with Gasteiger partial charge in [-0.15, -0.1) is 18.9 Å². The molecular formula is C29H49NO5. The molecule has 0 fully saturated rings. The molecule has 200 valence electrons. The van der Waals surface area contributed by atoms with E-state index in [4.69, 9.17) is 11.2 Å². The number of terminal acetylenes is 1. The Bertz CT molecular complexity index is 674. The smallest absolute Gasteiger partial charge is 0.307 e. The van der Waals surface area contributed by atoms with Crippen LogP contribution < -0.4 is 5.11 Å². The highest BCUT2D eigenvalue weighted by molar-refractivity contribution is 5.93. The van der Waals surface area contributed by atoms with Gasteiger partial charge in [-0.3, -0.25) is 9.59 Å². The summed E-state index contributed by atoms with van der Waals surface area (Å²) in [5.74, 6) is 0.426. The van der Waals surface area contributed by atoms with Crippen LogP contribution in [-0.2, 0) is 19.1 Å². The Morgan fingerprint density at radius 1 is 0.886 bits per heavy atom. The van der Waals surface area contributed by atoms with Crippen molar-refractivity contribution in [3.8, 4) is 12.3 Å². The van der Waals surface area contributed by atoms with Crippen molar-refractivity contribution < 1.29 is 28.7 Å². The number of hydrogen-bond donors (Lipinski definition) is 0. The summed E-state index contributed by atoms with van der Waals surface area (Å²) in [7, 11) is 5.56. The summed E-state index contributed by atoms with van der Waals surface area (Å²) in [4.78, 5) is 37.6. The van der Waals surface area contributed by atoms with E-state index in [2.05, 4.69) is 12.5 Å². The molecule has 0 amide bonds. The van der Waals surface area contributed by atoms with Gasteiger partial charge in [0.1, 0.15) is 6.54 Å². The molecule has 0 aromatic carbocycles. The third-order valence-electron chi connectivity index (χ3n) is 5.99. The van der Waals surface area contributed by atoms with Gasteiger partial charge in [-0.2, -0.15) is 0 Å². The minimum absolute atomic E-state index is 0.0982. The maximum atomic E-state index is 13.3. The maximum absolute atomic E-state index is 13.3. The number of esters is 1. The molecule has 35 heavy (non-hydrogen) atoms. The summed E-state index contributed by atoms with van der Waals surface area (Å²) in [5, 5.41) is 11.6. The van der Waals surface area contributed by atoms with E-state index < -0.39 is 24.0 Å². The van der Waals surface area contributed by atoms with Gasteiger partial charge in [0.2, 0.25) is 5.60 Å². The van der Waals surface area contributed by atoms with E-state index in [1.165, 1.54) is 0 Å². The Balaban J connectivity index is 4.89. The van der Waals surface area contributed by atoms with Gasteiger partial charge in [0.15, 0.2) is 5.78 Å². The number of carboxylic acids is 1. The van der Waals surface area contributed by atoms with Gasteiger partial charge in [0.05, 0.1) is 21.1 Å². The number of ether oxygens (including phenoxy) is 1. The van der Waals surface area contributed by atoms with E-state index in [9.17, 15) is 19.5 Å². The number of hydrogen-bond acceptors (Lipinski definition) is 5. The minimum Gasteiger partial charge on any atom is -0.550 e. The number of Topliss-reactive ketones (excluding diaryl/α,β-unsaturated/α-hetero) is 1. The van der Waals surface area contributed by atoms with Crippen molar-refractivity contribution in [2.24, 2.45) is 0 Å². The number of unbranched alkanes of at least 4 members (excludes halogenated alkanes) is 12. The fraction of sp³-hybridized carbons (Fsp3) is 0.759. The summed E-state index contributed by atoms with van der Waals surface area (Å²) in [6.45, 7) is 3.82. The first-order valence-corrected chi connectivity index (χ1v) is 13.4. The molecule has 0 N–H and O–H groups in total. The quantitative estimate of drug-likeness (QED) is 0.0677. The first-order chi connectivity index (χ1) is 16.6. The van der Waals surface area contributed by atoms with E-state index in [-0.39, 0.29) is 25.2 Å². The van der Waals surface area contributed by atoms with Crippen LogP contribution in [0, 0.1) is 12.3 Å². The first kappa shape index (κ1) is 32.9. The van der Waals surface area contributed by atoms with E-state index >= 15 is 0 Å². The second kappa shape index (κ2) is 19.1. The highest BCUT2D eigenvalue weighted by Crippen LogP contribution is 2.25. The van der Waals surface area contributed by atoms with Gasteiger partial charge in [0, 0.05) is 31.7 Å². The predicted octanol–water partition coefficient (Wildman–Crippen LogP) is 4.74. The van der Waals surface area contributed by atoms with Crippen LogP contribution >= 0.6 is 0 Å². The zero-order chi connectivity index (χ0) is 26.6. The van der Waals surface area contributed by atoms with Gasteiger partial charge in [-0.25, -0.2) is 0 Å². The van der Waals surface area contributed by atoms with Gasteiger partial charge in [0.25, 0.3) is 0 Å². The SMILES string of the molecule is C#CCCCCCCCCC(=O)C(CC(=O)[O-])(C[N+](C)(C)C)OC(=O)CCCCCCCCC=C. The van der Waals surface area contributed by atoms with Crippen molar-refractivity contribution in [1.82, 2.24) is 0 Å². The Labute approximate surface area is 214 Å². The summed E-state index contributed by atoms with van der Waals surface area (Å²) < 4.78 is 6.01. The number of allylic oxidation sites excluding steroid dienone is 1. The molecule has 0 bridgehead atoms. The summed E-state index contributed by atoms with van der Waals surface area (Å²) in [6, 6.07) is 0. The van der Waals surface area contributed by atoms with E-state index in [1.807, 2.05) is 27.2 Å². The van der Waals surface area contributed by atoms with Crippen LogP contribution in [0.3, 0.4) is 0 Å². The van der Waals surface area contributed by atoms with Gasteiger partial charge in [-0.1, -0.05) is 57.4 Å². The van der Waals surface area contributed by atoms with Crippen LogP contribution in [0.25, 0.3) is 0 Å². The average molecular weight is 492 g/mol. The molecule has 0 aromatic rings. The molecule has 0 aromatic heterocycles. The molecular weight excluding hydrogens is 442 g/mol. The number of quaternary nitrogens is 1. The van der Waals surface area contributed by atoms with Crippen molar-refractivity contribution in [2.45, 2.75) is 115 Å². The Morgan fingerprint density at radius 2 is 1.40 bits per heavy atom. The summed E-state index contributed by atoms with van der Waals surface area (Å²) in [6.07, 6.45) is 20.4. The lowest BCUT2D eigenvalue weighted by atomic mass is 9.89. The fourth-order valence-corrected chi connectivity index (χ4v) is 4.35. The zero-order valence-corrected chi connectivity index (χ0v) is 22.6. The second-order valence-electron chi connectivity index (χ2n) is 10.7. The molecule has 0 aliphatic carbocycles. The fourth-order valence-electron chi connectivity index (χ4n) is 4.35. The molecule has 0 saturated carbocycles. The molecule has 0 aliphatic rings. The van der Waals surface area contributed by atoms with E-state index in [1.54, 1.807) is 0 Å². The molecule has 6 heteroatoms. The first-order valence-electron chi connectivity index (χ1n) is 13.4. The number of aliphatic carboxylic acids is 1. The molecule has 0 spiro atoms. The third kappa shape index (κ3) is 17.9. The van der Waals surface area contributed by atoms with E-state index in [0.717, 1.165) is 77.0 Å². The van der Waals surface area contributed by atoms with Gasteiger partial charge >= 0.3 is 5.97 Å². The Hall–Kier alpha value is -2.13. The number of carboxylic acid groups (broad SMARTS) is 1. The van der Waals surface area contributed by atoms with Crippen molar-refractivity contribution in [3.63, 3.8) is 0 Å². The minimum atomic E-state index is -1.69. The summed E-state index contributed by atoms with van der Waals surface area (Å²) in [5.41, 5.74) is -1.69. The standard InChI is InChI=1S/C29H49NO5/c1-6-8-10-12-14-16-18-20-22-26(31)29(24-27(32)33,25-30(3,4)5)35-28(34)23-21-19-17-15-13-11-9-7-2/h1,7H,2,8-25H2,3-5H3. The Morgan fingerprint density at radius 3 is 1.91 bits per heavy atom. The normalized spacial score (nSPS) is 13.0. The average Bonchev–Trinajstić information content (AvgIpc) is 2.75. The Kier molecular flexibility index (Phi) is 17.9.